The van der Waals surface area contributed by atoms with Crippen LogP contribution in [0.4, 0.5) is 0 Å². The van der Waals surface area contributed by atoms with E-state index in [0.29, 0.717) is 0 Å². The number of nitrogens with zero attached hydrogens (tertiary/aromatic N) is 1. The van der Waals surface area contributed by atoms with Crippen LogP contribution < -0.4 is 16.9 Å². The molecule has 0 fully saturated rings. The van der Waals surface area contributed by atoms with E-state index in [1.807, 2.05) is 24.0 Å². The summed E-state index contributed by atoms with van der Waals surface area (Å²) in [5, 5.41) is 0. The topological polar surface area (TPSA) is 127 Å². The first-order chi connectivity index (χ1) is 9.06. The Kier molecular flexibility index (Phi) is 3.42. The predicted molar refractivity (Wildman–Crippen MR) is 69.1 cm³/mol. The molecule has 0 radical (unpaired) electrons. The number of imidazole rings is 1. The van der Waals surface area contributed by atoms with Crippen LogP contribution in [0.15, 0.2) is 38.9 Å². The van der Waals surface area contributed by atoms with E-state index < -0.39 is 16.9 Å². The van der Waals surface area contributed by atoms with Gasteiger partial charge in [0, 0.05) is 12.4 Å². The Balaban J connectivity index is 0.000000163. The highest BCUT2D eigenvalue weighted by Gasteiger charge is 2.02. The first kappa shape index (κ1) is 12.6. The molecule has 0 bridgehead atoms. The molecule has 0 atom stereocenters. The third-order valence-corrected chi connectivity index (χ3v) is 2.27. The average Bonchev–Trinajstić information content (AvgIpc) is 2.72. The summed E-state index contributed by atoms with van der Waals surface area (Å²) in [6.45, 7) is 2.04. The molecule has 0 spiro atoms. The van der Waals surface area contributed by atoms with Crippen LogP contribution in [0.3, 0.4) is 0 Å². The van der Waals surface area contributed by atoms with Gasteiger partial charge in [-0.3, -0.25) is 29.7 Å². The molecule has 98 valence electrons. The monoisotopic (exact) mass is 261 g/mol. The first-order valence-electron chi connectivity index (χ1n) is 5.37. The number of aromatic amines is 4. The van der Waals surface area contributed by atoms with Gasteiger partial charge in [0.25, 0.3) is 5.56 Å². The largest absolute Gasteiger partial charge is 0.327 e. The first-order valence-corrected chi connectivity index (χ1v) is 5.37. The van der Waals surface area contributed by atoms with Gasteiger partial charge in [-0.05, 0) is 24.6 Å². The molecule has 3 aromatic rings. The molecule has 0 aliphatic heterocycles. The molecular weight excluding hydrogens is 250 g/mol. The van der Waals surface area contributed by atoms with Gasteiger partial charge in [-0.2, -0.15) is 0 Å². The number of nitrogens with one attached hydrogen (secondary N) is 4. The SMILES string of the molecule is Cc1ccncc1.O=c1[nH]c(=O)c2[nH]c(=O)[nH]c2[nH]1. The molecule has 19 heavy (non-hydrogen) atoms. The van der Waals surface area contributed by atoms with Crippen LogP contribution in [0.5, 0.6) is 0 Å². The van der Waals surface area contributed by atoms with E-state index in [1.165, 1.54) is 5.56 Å². The minimum Gasteiger partial charge on any atom is -0.300 e. The van der Waals surface area contributed by atoms with Crippen molar-refractivity contribution in [1.82, 2.24) is 24.9 Å². The van der Waals surface area contributed by atoms with Crippen LogP contribution in [-0.2, 0) is 0 Å². The normalized spacial score (nSPS) is 9.95. The Bertz CT molecular complexity index is 840. The quantitative estimate of drug-likeness (QED) is 0.440. The van der Waals surface area contributed by atoms with E-state index in [0.717, 1.165) is 0 Å². The van der Waals surface area contributed by atoms with Crippen LogP contribution >= 0.6 is 0 Å². The summed E-state index contributed by atoms with van der Waals surface area (Å²) in [4.78, 5) is 44.8. The Morgan fingerprint density at radius 2 is 1.47 bits per heavy atom. The Morgan fingerprint density at radius 3 is 2.00 bits per heavy atom. The summed E-state index contributed by atoms with van der Waals surface area (Å²) < 4.78 is 0. The van der Waals surface area contributed by atoms with Crippen molar-refractivity contribution in [3.05, 3.63) is 61.4 Å². The van der Waals surface area contributed by atoms with E-state index in [9.17, 15) is 14.4 Å². The van der Waals surface area contributed by atoms with Gasteiger partial charge in [0.2, 0.25) is 0 Å². The molecule has 0 aliphatic rings. The number of pyridine rings is 1. The lowest BCUT2D eigenvalue weighted by Gasteiger charge is -1.83. The molecule has 0 aromatic carbocycles. The third kappa shape index (κ3) is 3.06. The molecule has 4 N–H and O–H groups in total. The zero-order valence-corrected chi connectivity index (χ0v) is 9.98. The number of hydrogen-bond donors (Lipinski definition) is 4. The molecule has 3 heterocycles. The summed E-state index contributed by atoms with van der Waals surface area (Å²) in [5.74, 6) is 0. The van der Waals surface area contributed by atoms with Gasteiger partial charge < -0.3 is 0 Å². The van der Waals surface area contributed by atoms with Crippen molar-refractivity contribution < 1.29 is 0 Å². The second-order valence-corrected chi connectivity index (χ2v) is 3.76. The molecule has 0 saturated carbocycles. The summed E-state index contributed by atoms with van der Waals surface area (Å²) in [6, 6.07) is 3.94. The number of hydrogen-bond acceptors (Lipinski definition) is 4. The van der Waals surface area contributed by atoms with Gasteiger partial charge >= 0.3 is 11.4 Å². The van der Waals surface area contributed by atoms with Gasteiger partial charge in [0.15, 0.2) is 0 Å². The molecule has 0 aliphatic carbocycles. The molecular formula is C11H11N5O3. The minimum absolute atomic E-state index is 0.0413. The van der Waals surface area contributed by atoms with Crippen molar-refractivity contribution in [2.45, 2.75) is 6.92 Å². The Labute approximate surface area is 105 Å². The molecule has 0 amide bonds. The van der Waals surface area contributed by atoms with E-state index in [4.69, 9.17) is 0 Å². The lowest BCUT2D eigenvalue weighted by molar-refractivity contribution is 1.07. The summed E-state index contributed by atoms with van der Waals surface area (Å²) in [5.41, 5.74) is -0.393. The van der Waals surface area contributed by atoms with Crippen molar-refractivity contribution in [2.24, 2.45) is 0 Å². The van der Waals surface area contributed by atoms with Crippen molar-refractivity contribution >= 4 is 11.2 Å². The fraction of sp³-hybridized carbons (Fsp3) is 0.0909. The predicted octanol–water partition coefficient (Wildman–Crippen LogP) is -0.377. The van der Waals surface area contributed by atoms with Crippen LogP contribution in [0.1, 0.15) is 5.56 Å². The summed E-state index contributed by atoms with van der Waals surface area (Å²) in [7, 11) is 0. The van der Waals surface area contributed by atoms with Crippen LogP contribution in [0.25, 0.3) is 11.2 Å². The highest BCUT2D eigenvalue weighted by atomic mass is 16.2. The molecule has 8 nitrogen and oxygen atoms in total. The second kappa shape index (κ2) is 5.17. The second-order valence-electron chi connectivity index (χ2n) is 3.76. The van der Waals surface area contributed by atoms with Gasteiger partial charge in [-0.1, -0.05) is 0 Å². The van der Waals surface area contributed by atoms with E-state index in [-0.39, 0.29) is 11.2 Å². The zero-order valence-electron chi connectivity index (χ0n) is 9.98. The van der Waals surface area contributed by atoms with Crippen molar-refractivity contribution in [2.75, 3.05) is 0 Å². The standard InChI is InChI=1S/C6H7N.C5H4N4O3/c1-6-2-4-7-5-3-6;10-3-1-2(7-4(11)6-1)8-5(12)9-3/h2-5H,1H3;(H4,6,7,8,9,10,11,12). The molecule has 3 aromatic heterocycles. The lowest BCUT2D eigenvalue weighted by Crippen LogP contribution is -2.21. The molecule has 0 unspecified atom stereocenters. The highest BCUT2D eigenvalue weighted by Crippen LogP contribution is 1.89. The smallest absolute Gasteiger partial charge is 0.300 e. The number of aromatic nitrogens is 5. The maximum Gasteiger partial charge on any atom is 0.327 e. The minimum atomic E-state index is -0.650. The zero-order chi connectivity index (χ0) is 13.8. The van der Waals surface area contributed by atoms with Crippen molar-refractivity contribution in [1.29, 1.82) is 0 Å². The number of rotatable bonds is 0. The van der Waals surface area contributed by atoms with E-state index in [1.54, 1.807) is 12.4 Å². The average molecular weight is 261 g/mol. The van der Waals surface area contributed by atoms with Crippen molar-refractivity contribution in [3.63, 3.8) is 0 Å². The van der Waals surface area contributed by atoms with Gasteiger partial charge in [0.05, 0.1) is 0 Å². The molecule has 0 saturated heterocycles. The maximum absolute atomic E-state index is 10.9. The number of H-pyrrole nitrogens is 4. The summed E-state index contributed by atoms with van der Waals surface area (Å²) >= 11 is 0. The fourth-order valence-corrected chi connectivity index (χ4v) is 1.38. The molecule has 3 rings (SSSR count). The van der Waals surface area contributed by atoms with Gasteiger partial charge in [0.1, 0.15) is 11.2 Å². The van der Waals surface area contributed by atoms with Crippen molar-refractivity contribution in [3.8, 4) is 0 Å². The van der Waals surface area contributed by atoms with Crippen LogP contribution in [-0.4, -0.2) is 24.9 Å². The fourth-order valence-electron chi connectivity index (χ4n) is 1.38. The highest BCUT2D eigenvalue weighted by molar-refractivity contribution is 5.67. The Hall–Kier alpha value is -2.90. The molecule has 8 heteroatoms. The van der Waals surface area contributed by atoms with Crippen LogP contribution in [0, 0.1) is 6.92 Å². The van der Waals surface area contributed by atoms with Crippen LogP contribution in [0.2, 0.25) is 0 Å². The van der Waals surface area contributed by atoms with Gasteiger partial charge in [-0.25, -0.2) is 9.59 Å². The van der Waals surface area contributed by atoms with Gasteiger partial charge in [-0.15, -0.1) is 0 Å². The number of fused-ring (bicyclic) bond motifs is 1. The Morgan fingerprint density at radius 1 is 0.895 bits per heavy atom. The lowest BCUT2D eigenvalue weighted by atomic mass is 10.3. The van der Waals surface area contributed by atoms with E-state index >= 15 is 0 Å². The third-order valence-electron chi connectivity index (χ3n) is 2.27. The maximum atomic E-state index is 10.9. The summed E-state index contributed by atoms with van der Waals surface area (Å²) in [6.07, 6.45) is 3.57. The number of aryl methyl sites for hydroxylation is 1. The van der Waals surface area contributed by atoms with E-state index in [2.05, 4.69) is 19.9 Å².